The smallest absolute Gasteiger partial charge is 0.234 e. The number of hydrogen-bond donors (Lipinski definition) is 1. The Morgan fingerprint density at radius 2 is 2.14 bits per heavy atom. The molecule has 0 unspecified atom stereocenters. The van der Waals surface area contributed by atoms with Gasteiger partial charge in [-0.2, -0.15) is 0 Å². The summed E-state index contributed by atoms with van der Waals surface area (Å²) in [5, 5.41) is 12.3. The van der Waals surface area contributed by atoms with E-state index in [0.717, 1.165) is 42.3 Å². The number of thioether (sulfide) groups is 1. The minimum absolute atomic E-state index is 0.0797. The number of carbonyl (C=O) groups excluding carboxylic acids is 1. The normalized spacial score (nSPS) is 16.4. The molecule has 1 atom stereocenters. The van der Waals surface area contributed by atoms with E-state index in [0.29, 0.717) is 11.7 Å². The summed E-state index contributed by atoms with van der Waals surface area (Å²) < 4.78 is 13.3. The van der Waals surface area contributed by atoms with Crippen LogP contribution in [-0.4, -0.2) is 39.1 Å². The van der Waals surface area contributed by atoms with Gasteiger partial charge in [0, 0.05) is 12.3 Å². The fraction of sp³-hybridized carbons (Fsp3) is 0.350. The van der Waals surface area contributed by atoms with Crippen LogP contribution < -0.4 is 5.32 Å². The second kappa shape index (κ2) is 8.62. The maximum Gasteiger partial charge on any atom is 0.234 e. The Labute approximate surface area is 167 Å². The zero-order valence-electron chi connectivity index (χ0n) is 15.6. The molecule has 0 spiro atoms. The van der Waals surface area contributed by atoms with Crippen LogP contribution >= 0.6 is 11.8 Å². The van der Waals surface area contributed by atoms with E-state index in [4.69, 9.17) is 9.15 Å². The van der Waals surface area contributed by atoms with E-state index in [-0.39, 0.29) is 17.8 Å². The number of carbonyl (C=O) groups is 1. The van der Waals surface area contributed by atoms with Crippen molar-refractivity contribution in [3.05, 3.63) is 48.4 Å². The number of furan rings is 1. The predicted octanol–water partition coefficient (Wildman–Crippen LogP) is 3.76. The molecule has 146 valence electrons. The number of aryl methyl sites for hydroxylation is 1. The van der Waals surface area contributed by atoms with Gasteiger partial charge in [-0.3, -0.25) is 9.36 Å². The average molecular weight is 398 g/mol. The van der Waals surface area contributed by atoms with Crippen molar-refractivity contribution >= 4 is 23.4 Å². The number of benzene rings is 1. The van der Waals surface area contributed by atoms with Crippen molar-refractivity contribution in [2.75, 3.05) is 17.7 Å². The molecule has 0 aliphatic carbocycles. The first-order valence-electron chi connectivity index (χ1n) is 9.27. The van der Waals surface area contributed by atoms with E-state index in [9.17, 15) is 4.79 Å². The topological polar surface area (TPSA) is 82.2 Å². The Kier molecular flexibility index (Phi) is 5.78. The lowest BCUT2D eigenvalue weighted by Crippen LogP contribution is -2.18. The SMILES string of the molecule is Cc1occc1-c1nnc(SCC(=O)Nc2ccccc2)n1C[C@H]1CCCO1. The highest BCUT2D eigenvalue weighted by atomic mass is 32.2. The van der Waals surface area contributed by atoms with E-state index in [2.05, 4.69) is 15.5 Å². The first-order valence-corrected chi connectivity index (χ1v) is 10.3. The van der Waals surface area contributed by atoms with Crippen LogP contribution in [0.4, 0.5) is 5.69 Å². The summed E-state index contributed by atoms with van der Waals surface area (Å²) in [4.78, 5) is 12.3. The van der Waals surface area contributed by atoms with Gasteiger partial charge >= 0.3 is 0 Å². The van der Waals surface area contributed by atoms with Gasteiger partial charge in [0.05, 0.1) is 30.2 Å². The standard InChI is InChI=1S/C20H22N4O3S/c1-14-17(9-11-26-14)19-22-23-20(24(19)12-16-8-5-10-27-16)28-13-18(25)21-15-6-3-2-4-7-15/h2-4,6-7,9,11,16H,5,8,10,12-13H2,1H3,(H,21,25)/t16-/m1/s1. The van der Waals surface area contributed by atoms with Gasteiger partial charge in [0.2, 0.25) is 5.91 Å². The van der Waals surface area contributed by atoms with Gasteiger partial charge in [0.25, 0.3) is 0 Å². The quantitative estimate of drug-likeness (QED) is 0.610. The van der Waals surface area contributed by atoms with E-state index in [1.165, 1.54) is 11.8 Å². The zero-order valence-corrected chi connectivity index (χ0v) is 16.4. The lowest BCUT2D eigenvalue weighted by atomic mass is 10.2. The monoisotopic (exact) mass is 398 g/mol. The number of hydrogen-bond acceptors (Lipinski definition) is 6. The summed E-state index contributed by atoms with van der Waals surface area (Å²) in [7, 11) is 0. The Bertz CT molecular complexity index is 932. The largest absolute Gasteiger partial charge is 0.469 e. The molecule has 2 aromatic heterocycles. The molecular weight excluding hydrogens is 376 g/mol. The highest BCUT2D eigenvalue weighted by Gasteiger charge is 2.23. The van der Waals surface area contributed by atoms with E-state index in [1.54, 1.807) is 6.26 Å². The molecule has 1 aromatic carbocycles. The molecule has 0 saturated carbocycles. The number of aromatic nitrogens is 3. The first kappa shape index (κ1) is 18.8. The highest BCUT2D eigenvalue weighted by Crippen LogP contribution is 2.29. The van der Waals surface area contributed by atoms with Crippen molar-refractivity contribution in [1.29, 1.82) is 0 Å². The summed E-state index contributed by atoms with van der Waals surface area (Å²) in [5.41, 5.74) is 1.69. The summed E-state index contributed by atoms with van der Waals surface area (Å²) in [5.74, 6) is 1.71. The summed E-state index contributed by atoms with van der Waals surface area (Å²) in [6.07, 6.45) is 3.87. The number of para-hydroxylation sites is 1. The Morgan fingerprint density at radius 3 is 2.86 bits per heavy atom. The van der Waals surface area contributed by atoms with Gasteiger partial charge in [-0.15, -0.1) is 10.2 Å². The minimum Gasteiger partial charge on any atom is -0.469 e. The van der Waals surface area contributed by atoms with Gasteiger partial charge < -0.3 is 14.5 Å². The van der Waals surface area contributed by atoms with Crippen molar-refractivity contribution in [3.63, 3.8) is 0 Å². The van der Waals surface area contributed by atoms with Crippen LogP contribution in [0.15, 0.2) is 52.2 Å². The molecule has 3 heterocycles. The third-order valence-electron chi connectivity index (χ3n) is 4.62. The number of amides is 1. The van der Waals surface area contributed by atoms with Gasteiger partial charge in [0.15, 0.2) is 11.0 Å². The third kappa shape index (κ3) is 4.28. The molecule has 1 N–H and O–H groups in total. The van der Waals surface area contributed by atoms with Gasteiger partial charge in [-0.25, -0.2) is 0 Å². The number of nitrogens with zero attached hydrogens (tertiary/aromatic N) is 3. The molecule has 0 bridgehead atoms. The fourth-order valence-electron chi connectivity index (χ4n) is 3.22. The van der Waals surface area contributed by atoms with E-state index >= 15 is 0 Å². The minimum atomic E-state index is -0.0797. The second-order valence-corrected chi connectivity index (χ2v) is 7.59. The molecule has 0 radical (unpaired) electrons. The average Bonchev–Trinajstić information content (AvgIpc) is 3.43. The number of anilines is 1. The highest BCUT2D eigenvalue weighted by molar-refractivity contribution is 7.99. The van der Waals surface area contributed by atoms with Crippen LogP contribution in [0, 0.1) is 6.92 Å². The molecule has 1 aliphatic rings. The van der Waals surface area contributed by atoms with Crippen LogP contribution in [0.1, 0.15) is 18.6 Å². The Morgan fingerprint density at radius 1 is 1.29 bits per heavy atom. The van der Waals surface area contributed by atoms with Crippen molar-refractivity contribution in [3.8, 4) is 11.4 Å². The lowest BCUT2D eigenvalue weighted by molar-refractivity contribution is -0.113. The van der Waals surface area contributed by atoms with Gasteiger partial charge in [-0.1, -0.05) is 30.0 Å². The van der Waals surface area contributed by atoms with Crippen molar-refractivity contribution < 1.29 is 13.9 Å². The van der Waals surface area contributed by atoms with Crippen molar-refractivity contribution in [2.45, 2.75) is 37.6 Å². The zero-order chi connectivity index (χ0) is 19.3. The van der Waals surface area contributed by atoms with Crippen LogP contribution in [0.2, 0.25) is 0 Å². The van der Waals surface area contributed by atoms with Crippen molar-refractivity contribution in [1.82, 2.24) is 14.8 Å². The molecule has 3 aromatic rings. The van der Waals surface area contributed by atoms with Crippen LogP contribution in [0.3, 0.4) is 0 Å². The molecule has 28 heavy (non-hydrogen) atoms. The Balaban J connectivity index is 1.50. The summed E-state index contributed by atoms with van der Waals surface area (Å²) >= 11 is 1.37. The summed E-state index contributed by atoms with van der Waals surface area (Å²) in [6.45, 7) is 3.35. The first-order chi connectivity index (χ1) is 13.7. The molecule has 4 rings (SSSR count). The van der Waals surface area contributed by atoms with Crippen molar-refractivity contribution in [2.24, 2.45) is 0 Å². The molecule has 7 nitrogen and oxygen atoms in total. The molecular formula is C20H22N4O3S. The summed E-state index contributed by atoms with van der Waals surface area (Å²) in [6, 6.07) is 11.3. The Hall–Kier alpha value is -2.58. The molecule has 1 fully saturated rings. The van der Waals surface area contributed by atoms with E-state index in [1.807, 2.05) is 47.9 Å². The van der Waals surface area contributed by atoms with Gasteiger partial charge in [-0.05, 0) is 38.0 Å². The van der Waals surface area contributed by atoms with Crippen LogP contribution in [-0.2, 0) is 16.1 Å². The van der Waals surface area contributed by atoms with Crippen LogP contribution in [0.5, 0.6) is 0 Å². The molecule has 1 amide bonds. The lowest BCUT2D eigenvalue weighted by Gasteiger charge is -2.14. The molecule has 1 saturated heterocycles. The fourth-order valence-corrected chi connectivity index (χ4v) is 3.96. The molecule has 1 aliphatic heterocycles. The van der Waals surface area contributed by atoms with E-state index < -0.39 is 0 Å². The third-order valence-corrected chi connectivity index (χ3v) is 5.58. The second-order valence-electron chi connectivity index (χ2n) is 6.65. The maximum absolute atomic E-state index is 12.3. The van der Waals surface area contributed by atoms with Gasteiger partial charge in [0.1, 0.15) is 5.76 Å². The number of nitrogens with one attached hydrogen (secondary N) is 1. The number of rotatable bonds is 7. The predicted molar refractivity (Wildman–Crippen MR) is 107 cm³/mol. The molecule has 8 heteroatoms. The number of ether oxygens (including phenoxy) is 1. The van der Waals surface area contributed by atoms with Crippen LogP contribution in [0.25, 0.3) is 11.4 Å². The maximum atomic E-state index is 12.3.